The predicted molar refractivity (Wildman–Crippen MR) is 99.1 cm³/mol. The maximum atomic E-state index is 12.9. The highest BCUT2D eigenvalue weighted by Crippen LogP contribution is 2.24. The molecule has 2 aromatic rings. The molecule has 1 aromatic carbocycles. The summed E-state index contributed by atoms with van der Waals surface area (Å²) in [6.45, 7) is 7.91. The number of aromatic nitrogens is 2. The molecule has 0 aliphatic carbocycles. The number of carbonyl (C=O) groups is 1. The molecule has 5 nitrogen and oxygen atoms in total. The maximum Gasteiger partial charge on any atom is 0.237 e. The molecule has 5 heteroatoms. The molecule has 0 unspecified atom stereocenters. The monoisotopic (exact) mass is 340 g/mol. The second-order valence-corrected chi connectivity index (χ2v) is 7.05. The first-order chi connectivity index (χ1) is 12.0. The lowest BCUT2D eigenvalue weighted by atomic mass is 10.1. The molecule has 0 spiro atoms. The molecule has 1 N–H and O–H groups in total. The highest BCUT2D eigenvalue weighted by atomic mass is 16.2. The van der Waals surface area contributed by atoms with Crippen molar-refractivity contribution in [1.29, 1.82) is 0 Å². The number of aryl methyl sites for hydroxylation is 2. The predicted octanol–water partition coefficient (Wildman–Crippen LogP) is 2.88. The first-order valence-electron chi connectivity index (χ1n) is 9.06. The number of hydrogen-bond acceptors (Lipinski definition) is 3. The zero-order valence-corrected chi connectivity index (χ0v) is 15.6. The molecule has 1 aliphatic heterocycles. The van der Waals surface area contributed by atoms with Gasteiger partial charge in [-0.2, -0.15) is 5.10 Å². The average molecular weight is 340 g/mol. The number of benzene rings is 1. The molecule has 3 rings (SSSR count). The zero-order chi connectivity index (χ0) is 18.0. The van der Waals surface area contributed by atoms with Gasteiger partial charge in [-0.05, 0) is 45.7 Å². The standard InChI is InChI=1S/C20H28N4O/c1-14(19-15(2)22-23(4)16(19)3)21-20(25)18-11-8-12-24(18)13-17-9-6-5-7-10-17/h5-7,9-10,14,18H,8,11-13H2,1-4H3,(H,21,25)/t14-,18-/m1/s1. The van der Waals surface area contributed by atoms with E-state index >= 15 is 0 Å². The fraction of sp³-hybridized carbons (Fsp3) is 0.500. The zero-order valence-electron chi connectivity index (χ0n) is 15.6. The Morgan fingerprint density at radius 1 is 1.32 bits per heavy atom. The summed E-state index contributed by atoms with van der Waals surface area (Å²) < 4.78 is 1.88. The van der Waals surface area contributed by atoms with Gasteiger partial charge >= 0.3 is 0 Å². The fourth-order valence-corrected chi connectivity index (χ4v) is 3.93. The fourth-order valence-electron chi connectivity index (χ4n) is 3.93. The largest absolute Gasteiger partial charge is 0.348 e. The van der Waals surface area contributed by atoms with E-state index in [-0.39, 0.29) is 18.0 Å². The minimum atomic E-state index is -0.0417. The van der Waals surface area contributed by atoms with Crippen molar-refractivity contribution in [2.24, 2.45) is 7.05 Å². The van der Waals surface area contributed by atoms with Crippen LogP contribution in [0.5, 0.6) is 0 Å². The van der Waals surface area contributed by atoms with Gasteiger partial charge in [0.25, 0.3) is 0 Å². The van der Waals surface area contributed by atoms with Crippen LogP contribution in [0.4, 0.5) is 0 Å². The van der Waals surface area contributed by atoms with Crippen LogP contribution in [-0.4, -0.2) is 33.2 Å². The van der Waals surface area contributed by atoms with Crippen LogP contribution in [0, 0.1) is 13.8 Å². The maximum absolute atomic E-state index is 12.9. The third-order valence-electron chi connectivity index (χ3n) is 5.25. The van der Waals surface area contributed by atoms with E-state index in [0.717, 1.165) is 42.9 Å². The van der Waals surface area contributed by atoms with Crippen molar-refractivity contribution >= 4 is 5.91 Å². The lowest BCUT2D eigenvalue weighted by Gasteiger charge is -2.25. The van der Waals surface area contributed by atoms with Crippen molar-refractivity contribution in [3.05, 3.63) is 52.8 Å². The third-order valence-corrected chi connectivity index (χ3v) is 5.25. The highest BCUT2D eigenvalue weighted by molar-refractivity contribution is 5.82. The lowest BCUT2D eigenvalue weighted by Crippen LogP contribution is -2.43. The summed E-state index contributed by atoms with van der Waals surface area (Å²) in [5.41, 5.74) is 4.48. The highest BCUT2D eigenvalue weighted by Gasteiger charge is 2.32. The van der Waals surface area contributed by atoms with Gasteiger partial charge in [0.1, 0.15) is 0 Å². The van der Waals surface area contributed by atoms with Crippen LogP contribution in [0.2, 0.25) is 0 Å². The Morgan fingerprint density at radius 3 is 2.68 bits per heavy atom. The molecule has 134 valence electrons. The lowest BCUT2D eigenvalue weighted by molar-refractivity contribution is -0.126. The number of likely N-dealkylation sites (tertiary alicyclic amines) is 1. The SMILES string of the molecule is Cc1nn(C)c(C)c1[C@@H](C)NC(=O)[C@H]1CCCN1Cc1ccccc1. The average Bonchev–Trinajstić information content (AvgIpc) is 3.13. The number of nitrogens with zero attached hydrogens (tertiary/aromatic N) is 3. The van der Waals surface area contributed by atoms with Crippen molar-refractivity contribution < 1.29 is 4.79 Å². The van der Waals surface area contributed by atoms with Gasteiger partial charge in [-0.25, -0.2) is 0 Å². The molecular formula is C20H28N4O. The van der Waals surface area contributed by atoms with E-state index in [2.05, 4.69) is 46.5 Å². The summed E-state index contributed by atoms with van der Waals surface area (Å²) >= 11 is 0. The Kier molecular flexibility index (Phi) is 5.23. The van der Waals surface area contributed by atoms with E-state index in [4.69, 9.17) is 0 Å². The van der Waals surface area contributed by atoms with Crippen molar-refractivity contribution in [2.45, 2.75) is 52.2 Å². The van der Waals surface area contributed by atoms with E-state index in [1.807, 2.05) is 31.6 Å². The Bertz CT molecular complexity index is 738. The summed E-state index contributed by atoms with van der Waals surface area (Å²) in [6.07, 6.45) is 2.00. The van der Waals surface area contributed by atoms with Gasteiger partial charge in [-0.1, -0.05) is 30.3 Å². The van der Waals surface area contributed by atoms with Crippen LogP contribution >= 0.6 is 0 Å². The Balaban J connectivity index is 1.67. The third kappa shape index (κ3) is 3.76. The van der Waals surface area contributed by atoms with Gasteiger partial charge in [0, 0.05) is 24.8 Å². The van der Waals surface area contributed by atoms with E-state index < -0.39 is 0 Å². The van der Waals surface area contributed by atoms with Gasteiger partial charge in [0.2, 0.25) is 5.91 Å². The van der Waals surface area contributed by atoms with E-state index in [1.54, 1.807) is 0 Å². The molecule has 1 fully saturated rings. The van der Waals surface area contributed by atoms with Gasteiger partial charge < -0.3 is 5.32 Å². The number of rotatable bonds is 5. The Hall–Kier alpha value is -2.14. The number of nitrogens with one attached hydrogen (secondary N) is 1. The smallest absolute Gasteiger partial charge is 0.237 e. The first kappa shape index (κ1) is 17.7. The number of amides is 1. The number of carbonyl (C=O) groups excluding carboxylic acids is 1. The summed E-state index contributed by atoms with van der Waals surface area (Å²) in [5, 5.41) is 7.68. The van der Waals surface area contributed by atoms with Crippen LogP contribution in [0.1, 0.15) is 48.3 Å². The van der Waals surface area contributed by atoms with Crippen molar-refractivity contribution in [2.75, 3.05) is 6.54 Å². The van der Waals surface area contributed by atoms with E-state index in [0.29, 0.717) is 0 Å². The Labute approximate surface area is 150 Å². The van der Waals surface area contributed by atoms with Crippen LogP contribution in [0.3, 0.4) is 0 Å². The molecule has 1 saturated heterocycles. The summed E-state index contributed by atoms with van der Waals surface area (Å²) in [4.78, 5) is 15.2. The topological polar surface area (TPSA) is 50.2 Å². The van der Waals surface area contributed by atoms with Gasteiger partial charge in [0.15, 0.2) is 0 Å². The van der Waals surface area contributed by atoms with Crippen molar-refractivity contribution in [3.8, 4) is 0 Å². The molecule has 0 bridgehead atoms. The molecule has 1 aromatic heterocycles. The van der Waals surface area contributed by atoms with Crippen molar-refractivity contribution in [3.63, 3.8) is 0 Å². The second kappa shape index (κ2) is 7.40. The summed E-state index contributed by atoms with van der Waals surface area (Å²) in [6, 6.07) is 10.3. The molecule has 0 radical (unpaired) electrons. The first-order valence-corrected chi connectivity index (χ1v) is 9.06. The van der Waals surface area contributed by atoms with E-state index in [9.17, 15) is 4.79 Å². The molecule has 25 heavy (non-hydrogen) atoms. The van der Waals surface area contributed by atoms with Gasteiger partial charge in [-0.15, -0.1) is 0 Å². The molecule has 1 aliphatic rings. The quantitative estimate of drug-likeness (QED) is 0.910. The Morgan fingerprint density at radius 2 is 2.04 bits per heavy atom. The van der Waals surface area contributed by atoms with Crippen LogP contribution in [-0.2, 0) is 18.4 Å². The molecule has 1 amide bonds. The molecule has 0 saturated carbocycles. The normalized spacial score (nSPS) is 19.1. The molecular weight excluding hydrogens is 312 g/mol. The number of hydrogen-bond donors (Lipinski definition) is 1. The minimum absolute atomic E-state index is 0.0274. The summed E-state index contributed by atoms with van der Waals surface area (Å²) in [5.74, 6) is 0.128. The second-order valence-electron chi connectivity index (χ2n) is 7.05. The van der Waals surface area contributed by atoms with Crippen LogP contribution in [0.25, 0.3) is 0 Å². The van der Waals surface area contributed by atoms with Gasteiger partial charge in [0.05, 0.1) is 17.8 Å². The van der Waals surface area contributed by atoms with Gasteiger partial charge in [-0.3, -0.25) is 14.4 Å². The van der Waals surface area contributed by atoms with Crippen LogP contribution in [0.15, 0.2) is 30.3 Å². The minimum Gasteiger partial charge on any atom is -0.348 e. The molecule has 2 heterocycles. The van der Waals surface area contributed by atoms with Crippen molar-refractivity contribution in [1.82, 2.24) is 20.0 Å². The van der Waals surface area contributed by atoms with Crippen LogP contribution < -0.4 is 5.32 Å². The van der Waals surface area contributed by atoms with E-state index in [1.165, 1.54) is 5.56 Å². The summed E-state index contributed by atoms with van der Waals surface area (Å²) in [7, 11) is 1.94. The molecule has 2 atom stereocenters.